The SMILES string of the molecule is CCCCc1cccc2c1[cH-]c1ccccc12.CCCCc1cccc2c1[cH-]c1ccccc12.[Cl-].[Cl-].[Zr+4]. The van der Waals surface area contributed by atoms with Gasteiger partial charge in [0.05, 0.1) is 0 Å². The molecule has 0 aliphatic heterocycles. The molecule has 3 heteroatoms. The van der Waals surface area contributed by atoms with Crippen LogP contribution in [0.4, 0.5) is 0 Å². The molecule has 0 atom stereocenters. The van der Waals surface area contributed by atoms with E-state index in [0.717, 1.165) is 0 Å². The Hall–Kier alpha value is -1.92. The zero-order valence-electron chi connectivity index (χ0n) is 21.7. The van der Waals surface area contributed by atoms with Crippen LogP contribution in [0.15, 0.2) is 97.1 Å². The van der Waals surface area contributed by atoms with Crippen LogP contribution >= 0.6 is 0 Å². The molecular weight excluding hydrogens is 571 g/mol. The molecule has 0 nitrogen and oxygen atoms in total. The normalized spacial score (nSPS) is 10.4. The summed E-state index contributed by atoms with van der Waals surface area (Å²) < 4.78 is 0. The third-order valence-electron chi connectivity index (χ3n) is 7.09. The number of fused-ring (bicyclic) bond motifs is 6. The predicted molar refractivity (Wildman–Crippen MR) is 151 cm³/mol. The maximum atomic E-state index is 2.34. The number of hydrogen-bond acceptors (Lipinski definition) is 0. The van der Waals surface area contributed by atoms with Crippen molar-refractivity contribution in [3.05, 3.63) is 108 Å². The monoisotopic (exact) mass is 602 g/mol. The van der Waals surface area contributed by atoms with Crippen molar-refractivity contribution in [3.63, 3.8) is 0 Å². The van der Waals surface area contributed by atoms with Crippen LogP contribution in [-0.4, -0.2) is 0 Å². The summed E-state index contributed by atoms with van der Waals surface area (Å²) in [4.78, 5) is 0. The van der Waals surface area contributed by atoms with Crippen LogP contribution in [0.1, 0.15) is 50.7 Å². The number of hydrogen-bond donors (Lipinski definition) is 0. The van der Waals surface area contributed by atoms with Crippen LogP contribution in [0, 0.1) is 0 Å². The van der Waals surface area contributed by atoms with E-state index in [-0.39, 0.29) is 51.0 Å². The maximum absolute atomic E-state index is 2.34. The van der Waals surface area contributed by atoms with E-state index in [4.69, 9.17) is 0 Å². The predicted octanol–water partition coefficient (Wildman–Crippen LogP) is 4.11. The van der Waals surface area contributed by atoms with E-state index in [9.17, 15) is 0 Å². The Kier molecular flexibility index (Phi) is 12.6. The smallest absolute Gasteiger partial charge is 1.00 e. The Morgan fingerprint density at radius 3 is 1.27 bits per heavy atom. The molecule has 0 bridgehead atoms. The minimum absolute atomic E-state index is 0. The molecule has 0 amide bonds. The molecule has 0 saturated carbocycles. The molecule has 6 aromatic rings. The second-order valence-electron chi connectivity index (χ2n) is 9.43. The second kappa shape index (κ2) is 14.9. The first-order valence-corrected chi connectivity index (χ1v) is 12.9. The largest absolute Gasteiger partial charge is 4.00 e. The molecule has 0 spiro atoms. The number of halogens is 2. The van der Waals surface area contributed by atoms with Gasteiger partial charge in [0.15, 0.2) is 0 Å². The summed E-state index contributed by atoms with van der Waals surface area (Å²) in [6.07, 6.45) is 7.48. The standard InChI is InChI=1S/2C17H17.2ClH.Zr/c2*1-2-3-7-13-9-6-11-16-15-10-5-4-8-14(15)12-17(13)16;;;/h2*4-6,8-12H,2-3,7H2,1H3;2*1H;/q2*-1;;;+4/p-2. The number of unbranched alkanes of at least 4 members (excludes halogenated alkanes) is 2. The summed E-state index contributed by atoms with van der Waals surface area (Å²) >= 11 is 0. The molecule has 0 aromatic heterocycles. The molecule has 0 heterocycles. The Balaban J connectivity index is 0.000000241. The van der Waals surface area contributed by atoms with Crippen LogP contribution < -0.4 is 24.8 Å². The van der Waals surface area contributed by atoms with Gasteiger partial charge in [0, 0.05) is 0 Å². The second-order valence-corrected chi connectivity index (χ2v) is 9.43. The van der Waals surface area contributed by atoms with Crippen LogP contribution in [0.2, 0.25) is 0 Å². The first kappa shape index (κ1) is 31.3. The van der Waals surface area contributed by atoms with E-state index < -0.39 is 0 Å². The van der Waals surface area contributed by atoms with E-state index in [1.165, 1.54) is 92.7 Å². The Bertz CT molecular complexity index is 1420. The van der Waals surface area contributed by atoms with Gasteiger partial charge >= 0.3 is 26.2 Å². The minimum atomic E-state index is 0. The fourth-order valence-corrected chi connectivity index (χ4v) is 5.25. The number of rotatable bonds is 6. The number of benzene rings is 4. The third-order valence-corrected chi connectivity index (χ3v) is 7.09. The molecule has 0 unspecified atom stereocenters. The van der Waals surface area contributed by atoms with Crippen molar-refractivity contribution < 1.29 is 51.0 Å². The molecule has 0 N–H and O–H groups in total. The van der Waals surface area contributed by atoms with Gasteiger partial charge in [-0.2, -0.15) is 0 Å². The van der Waals surface area contributed by atoms with Crippen LogP contribution in [0.5, 0.6) is 0 Å². The minimum Gasteiger partial charge on any atom is -1.00 e. The van der Waals surface area contributed by atoms with E-state index in [1.54, 1.807) is 0 Å². The summed E-state index contributed by atoms with van der Waals surface area (Å²) in [5.74, 6) is 0. The summed E-state index contributed by atoms with van der Waals surface area (Å²) in [5.41, 5.74) is 3.00. The maximum Gasteiger partial charge on any atom is 4.00 e. The molecule has 6 rings (SSSR count). The number of aryl methyl sites for hydroxylation is 2. The van der Waals surface area contributed by atoms with Crippen molar-refractivity contribution in [3.8, 4) is 0 Å². The van der Waals surface area contributed by atoms with Crippen molar-refractivity contribution in [2.45, 2.75) is 52.4 Å². The molecule has 0 aliphatic carbocycles. The molecule has 37 heavy (non-hydrogen) atoms. The van der Waals surface area contributed by atoms with Gasteiger partial charge < -0.3 is 24.8 Å². The van der Waals surface area contributed by atoms with E-state index in [1.807, 2.05) is 0 Å². The molecule has 0 aliphatic rings. The summed E-state index contributed by atoms with van der Waals surface area (Å²) in [5, 5.41) is 11.2. The first-order valence-electron chi connectivity index (χ1n) is 12.9. The van der Waals surface area contributed by atoms with E-state index in [0.29, 0.717) is 0 Å². The third kappa shape index (κ3) is 6.75. The Labute approximate surface area is 253 Å². The van der Waals surface area contributed by atoms with Crippen molar-refractivity contribution in [2.75, 3.05) is 0 Å². The zero-order chi connectivity index (χ0) is 23.3. The molecule has 0 fully saturated rings. The zero-order valence-corrected chi connectivity index (χ0v) is 25.7. The van der Waals surface area contributed by atoms with Crippen molar-refractivity contribution >= 4 is 43.1 Å². The summed E-state index contributed by atoms with van der Waals surface area (Å²) in [7, 11) is 0. The van der Waals surface area contributed by atoms with Gasteiger partial charge in [-0.25, -0.2) is 0 Å². The summed E-state index contributed by atoms with van der Waals surface area (Å²) in [6.45, 7) is 4.50. The molecule has 0 saturated heterocycles. The Morgan fingerprint density at radius 2 is 0.865 bits per heavy atom. The average molecular weight is 605 g/mol. The Morgan fingerprint density at radius 1 is 0.486 bits per heavy atom. The average Bonchev–Trinajstić information content (AvgIpc) is 3.46. The van der Waals surface area contributed by atoms with Crippen LogP contribution in [0.3, 0.4) is 0 Å². The molecule has 188 valence electrons. The van der Waals surface area contributed by atoms with Gasteiger partial charge in [-0.3, -0.25) is 0 Å². The van der Waals surface area contributed by atoms with Gasteiger partial charge in [0.2, 0.25) is 0 Å². The van der Waals surface area contributed by atoms with Gasteiger partial charge in [0.1, 0.15) is 0 Å². The fourth-order valence-electron chi connectivity index (χ4n) is 5.25. The van der Waals surface area contributed by atoms with Gasteiger partial charge in [0.25, 0.3) is 0 Å². The van der Waals surface area contributed by atoms with Gasteiger partial charge in [-0.15, -0.1) is 78.5 Å². The first-order chi connectivity index (χ1) is 16.8. The van der Waals surface area contributed by atoms with Gasteiger partial charge in [-0.1, -0.05) is 125 Å². The van der Waals surface area contributed by atoms with Crippen molar-refractivity contribution in [1.82, 2.24) is 0 Å². The van der Waals surface area contributed by atoms with Crippen molar-refractivity contribution in [1.29, 1.82) is 0 Å². The van der Waals surface area contributed by atoms with E-state index in [2.05, 4.69) is 111 Å². The van der Waals surface area contributed by atoms with E-state index >= 15 is 0 Å². The van der Waals surface area contributed by atoms with Gasteiger partial charge in [-0.05, 0) is 0 Å². The van der Waals surface area contributed by atoms with Crippen molar-refractivity contribution in [2.24, 2.45) is 0 Å². The topological polar surface area (TPSA) is 0 Å². The molecular formula is C34H34Cl2Zr. The summed E-state index contributed by atoms with van der Waals surface area (Å²) in [6, 6.07) is 35.5. The van der Waals surface area contributed by atoms with Crippen LogP contribution in [-0.2, 0) is 39.0 Å². The quantitative estimate of drug-likeness (QED) is 0.251. The fraction of sp³-hybridized carbons (Fsp3) is 0.235. The molecule has 0 radical (unpaired) electrons. The molecule has 6 aromatic carbocycles. The van der Waals surface area contributed by atoms with Crippen LogP contribution in [0.25, 0.3) is 43.1 Å².